The lowest BCUT2D eigenvalue weighted by molar-refractivity contribution is -0.424. The van der Waals surface area contributed by atoms with Gasteiger partial charge in [-0.25, -0.2) is 4.79 Å². The smallest absolute Gasteiger partial charge is 0.414 e. The maximum absolute atomic E-state index is 13.2. The van der Waals surface area contributed by atoms with Gasteiger partial charge >= 0.3 is 11.8 Å². The largest absolute Gasteiger partial charge is 0.449 e. The van der Waals surface area contributed by atoms with Gasteiger partial charge < -0.3 is 19.1 Å². The molecule has 4 rings (SSSR count). The van der Waals surface area contributed by atoms with Crippen LogP contribution in [0.25, 0.3) is 11.1 Å². The maximum atomic E-state index is 13.2. The molecule has 238 valence electrons. The molecule has 2 aromatic rings. The fourth-order valence-electron chi connectivity index (χ4n) is 5.42. The van der Waals surface area contributed by atoms with Crippen molar-refractivity contribution in [2.24, 2.45) is 5.92 Å². The molecule has 0 bridgehead atoms. The Labute approximate surface area is 261 Å². The fourth-order valence-corrected chi connectivity index (χ4v) is 5.42. The number of nitro groups is 1. The van der Waals surface area contributed by atoms with Crippen LogP contribution in [0, 0.1) is 16.0 Å². The van der Waals surface area contributed by atoms with Gasteiger partial charge in [-0.3, -0.25) is 19.9 Å². The van der Waals surface area contributed by atoms with Crippen molar-refractivity contribution in [3.63, 3.8) is 0 Å². The minimum absolute atomic E-state index is 0.103. The second-order valence-electron chi connectivity index (χ2n) is 11.5. The van der Waals surface area contributed by atoms with Crippen LogP contribution in [0.15, 0.2) is 72.2 Å². The molecular weight excluding hydrogens is 560 g/mol. The van der Waals surface area contributed by atoms with Crippen molar-refractivity contribution in [1.29, 1.82) is 0 Å². The van der Waals surface area contributed by atoms with Crippen LogP contribution in [0.3, 0.4) is 0 Å². The van der Waals surface area contributed by atoms with E-state index in [0.717, 1.165) is 29.7 Å². The van der Waals surface area contributed by atoms with Gasteiger partial charge in [0.1, 0.15) is 5.70 Å². The zero-order valence-electron chi connectivity index (χ0n) is 26.4. The molecule has 44 heavy (non-hydrogen) atoms. The van der Waals surface area contributed by atoms with Crippen LogP contribution in [0.2, 0.25) is 0 Å². The van der Waals surface area contributed by atoms with Gasteiger partial charge in [-0.05, 0) is 80.4 Å². The zero-order chi connectivity index (χ0) is 31.5. The van der Waals surface area contributed by atoms with Gasteiger partial charge in [0.2, 0.25) is 0 Å². The average Bonchev–Trinajstić information content (AvgIpc) is 3.53. The number of amides is 1. The summed E-state index contributed by atoms with van der Waals surface area (Å²) in [6, 6.07) is 16.5. The first-order chi connectivity index (χ1) is 21.3. The molecule has 10 heteroatoms. The van der Waals surface area contributed by atoms with E-state index in [2.05, 4.69) is 36.1 Å². The van der Waals surface area contributed by atoms with Crippen LogP contribution >= 0.6 is 0 Å². The van der Waals surface area contributed by atoms with E-state index in [4.69, 9.17) is 14.2 Å². The lowest BCUT2D eigenvalue weighted by Crippen LogP contribution is -2.40. The molecule has 0 spiro atoms. The first kappa shape index (κ1) is 33.2. The Morgan fingerprint density at radius 2 is 1.66 bits per heavy atom. The van der Waals surface area contributed by atoms with Crippen molar-refractivity contribution in [3.8, 4) is 11.1 Å². The van der Waals surface area contributed by atoms with E-state index in [9.17, 15) is 14.9 Å². The Hall–Kier alpha value is -3.73. The van der Waals surface area contributed by atoms with Crippen molar-refractivity contribution < 1.29 is 23.9 Å². The van der Waals surface area contributed by atoms with Crippen LogP contribution in [0.4, 0.5) is 4.79 Å². The molecule has 0 saturated carbocycles. The normalized spacial score (nSPS) is 17.6. The topological polar surface area (TPSA) is 97.6 Å². The third-order valence-electron chi connectivity index (χ3n) is 7.96. The standard InChI is InChI=1S/C34H46N4O6/c1-5-42-20-17-26(3)25-44-33-21-31(32(38(40)41)24-35(33)4)37(34(39)43-6-2)23-28-11-15-30(16-12-28)29-13-9-27(10-14-29)22-36-18-7-8-19-36/h9-16,21,24,26,33H,5-8,17-20,22-23,25H2,1-4H3. The van der Waals surface area contributed by atoms with Crippen molar-refractivity contribution in [3.05, 3.63) is 93.4 Å². The number of rotatable bonds is 15. The number of carbonyl (C=O) groups excluding carboxylic acids is 1. The number of likely N-dealkylation sites (tertiary alicyclic amines) is 1. The summed E-state index contributed by atoms with van der Waals surface area (Å²) in [6.45, 7) is 11.1. The van der Waals surface area contributed by atoms with Crippen LogP contribution in [0.1, 0.15) is 51.2 Å². The van der Waals surface area contributed by atoms with E-state index in [1.165, 1.54) is 42.6 Å². The summed E-state index contributed by atoms with van der Waals surface area (Å²) < 4.78 is 16.9. The molecule has 0 radical (unpaired) electrons. The molecule has 2 aromatic carbocycles. The van der Waals surface area contributed by atoms with Gasteiger partial charge in [-0.1, -0.05) is 55.5 Å². The molecule has 2 heterocycles. The van der Waals surface area contributed by atoms with Crippen molar-refractivity contribution >= 4 is 6.09 Å². The Bertz CT molecular complexity index is 1290. The molecule has 0 N–H and O–H groups in total. The van der Waals surface area contributed by atoms with E-state index in [1.54, 1.807) is 24.9 Å². The highest BCUT2D eigenvalue weighted by atomic mass is 16.6. The molecule has 2 aliphatic heterocycles. The highest BCUT2D eigenvalue weighted by Gasteiger charge is 2.35. The molecule has 0 aliphatic carbocycles. The molecule has 2 aliphatic rings. The molecule has 2 atom stereocenters. The quantitative estimate of drug-likeness (QED) is 0.133. The van der Waals surface area contributed by atoms with E-state index in [-0.39, 0.29) is 30.5 Å². The van der Waals surface area contributed by atoms with Gasteiger partial charge in [0.05, 0.1) is 30.9 Å². The molecule has 1 saturated heterocycles. The summed E-state index contributed by atoms with van der Waals surface area (Å²) in [5.74, 6) is 0.230. The predicted molar refractivity (Wildman–Crippen MR) is 170 cm³/mol. The van der Waals surface area contributed by atoms with Crippen LogP contribution in [-0.2, 0) is 27.3 Å². The van der Waals surface area contributed by atoms with Crippen LogP contribution in [-0.4, -0.2) is 78.5 Å². The lowest BCUT2D eigenvalue weighted by Gasteiger charge is -2.32. The first-order valence-electron chi connectivity index (χ1n) is 15.6. The maximum Gasteiger partial charge on any atom is 0.414 e. The molecule has 0 aromatic heterocycles. The van der Waals surface area contributed by atoms with Gasteiger partial charge in [0, 0.05) is 26.8 Å². The molecule has 10 nitrogen and oxygen atoms in total. The summed E-state index contributed by atoms with van der Waals surface area (Å²) in [6.07, 6.45) is 5.19. The van der Waals surface area contributed by atoms with Crippen molar-refractivity contribution in [1.82, 2.24) is 14.7 Å². The van der Waals surface area contributed by atoms with Crippen LogP contribution in [0.5, 0.6) is 0 Å². The zero-order valence-corrected chi connectivity index (χ0v) is 26.4. The van der Waals surface area contributed by atoms with Crippen molar-refractivity contribution in [2.75, 3.05) is 46.6 Å². The number of hydrogen-bond acceptors (Lipinski definition) is 8. The van der Waals surface area contributed by atoms with Crippen molar-refractivity contribution in [2.45, 2.75) is 59.4 Å². The van der Waals surface area contributed by atoms with Gasteiger partial charge in [0.25, 0.3) is 0 Å². The summed E-state index contributed by atoms with van der Waals surface area (Å²) in [5.41, 5.74) is 4.24. The Morgan fingerprint density at radius 3 is 2.25 bits per heavy atom. The lowest BCUT2D eigenvalue weighted by atomic mass is 10.0. The number of ether oxygens (including phenoxy) is 3. The molecular formula is C34H46N4O6. The summed E-state index contributed by atoms with van der Waals surface area (Å²) in [4.78, 5) is 30.3. The fraction of sp³-hybridized carbons (Fsp3) is 0.500. The van der Waals surface area contributed by atoms with Gasteiger partial charge in [-0.2, -0.15) is 0 Å². The van der Waals surface area contributed by atoms with E-state index >= 15 is 0 Å². The monoisotopic (exact) mass is 606 g/mol. The summed E-state index contributed by atoms with van der Waals surface area (Å²) in [5, 5.41) is 12.1. The molecule has 1 fully saturated rings. The second-order valence-corrected chi connectivity index (χ2v) is 11.5. The first-order valence-corrected chi connectivity index (χ1v) is 15.6. The summed E-state index contributed by atoms with van der Waals surface area (Å²) >= 11 is 0. The predicted octanol–water partition coefficient (Wildman–Crippen LogP) is 6.26. The number of carbonyl (C=O) groups is 1. The van der Waals surface area contributed by atoms with E-state index in [1.807, 2.05) is 31.2 Å². The minimum atomic E-state index is -0.655. The van der Waals surface area contributed by atoms with E-state index in [0.29, 0.717) is 19.8 Å². The third-order valence-corrected chi connectivity index (χ3v) is 7.96. The third kappa shape index (κ3) is 9.14. The number of likely N-dealkylation sites (N-methyl/N-ethyl adjacent to an activating group) is 1. The van der Waals surface area contributed by atoms with Gasteiger partial charge in [0.15, 0.2) is 6.23 Å². The number of nitrogens with zero attached hydrogens (tertiary/aromatic N) is 4. The molecule has 2 unspecified atom stereocenters. The number of benzene rings is 2. The average molecular weight is 607 g/mol. The Morgan fingerprint density at radius 1 is 1.02 bits per heavy atom. The Kier molecular flexibility index (Phi) is 12.3. The second kappa shape index (κ2) is 16.4. The highest BCUT2D eigenvalue weighted by molar-refractivity contribution is 5.71. The minimum Gasteiger partial charge on any atom is -0.449 e. The number of hydrogen-bond donors (Lipinski definition) is 0. The SMILES string of the molecule is CCOCCC(C)COC1C=C(N(Cc2ccc(-c3ccc(CN4CCCC4)cc3)cc2)C(=O)OCC)C([N+](=O)[O-])=CN1C. The van der Waals surface area contributed by atoms with Crippen LogP contribution < -0.4 is 0 Å². The Balaban J connectivity index is 1.50. The molecule has 1 amide bonds. The van der Waals surface area contributed by atoms with E-state index < -0.39 is 17.2 Å². The van der Waals surface area contributed by atoms with Gasteiger partial charge in [-0.15, -0.1) is 0 Å². The summed E-state index contributed by atoms with van der Waals surface area (Å²) in [7, 11) is 1.72. The highest BCUT2D eigenvalue weighted by Crippen LogP contribution is 2.28.